The zero-order chi connectivity index (χ0) is 14.3. The lowest BCUT2D eigenvalue weighted by atomic mass is 9.88. The summed E-state index contributed by atoms with van der Waals surface area (Å²) < 4.78 is 0. The summed E-state index contributed by atoms with van der Waals surface area (Å²) in [7, 11) is 0. The van der Waals surface area contributed by atoms with Crippen LogP contribution in [-0.4, -0.2) is 29.1 Å². The third-order valence-corrected chi connectivity index (χ3v) is 2.69. The van der Waals surface area contributed by atoms with Crippen LogP contribution in [0.3, 0.4) is 0 Å². The van der Waals surface area contributed by atoms with E-state index in [1.54, 1.807) is 0 Å². The lowest BCUT2D eigenvalue weighted by Gasteiger charge is -2.27. The molecule has 0 spiro atoms. The minimum Gasteiger partial charge on any atom is -0.481 e. The van der Waals surface area contributed by atoms with Crippen molar-refractivity contribution in [1.29, 1.82) is 0 Å². The molecule has 3 amide bonds. The number of urea groups is 1. The number of carbonyl (C=O) groups is 3. The van der Waals surface area contributed by atoms with Crippen LogP contribution in [-0.2, 0) is 9.59 Å². The maximum atomic E-state index is 11.4. The number of carboxylic acids is 1. The topological polar surface area (TPSA) is 95.5 Å². The normalized spacial score (nSPS) is 12.7. The largest absolute Gasteiger partial charge is 0.481 e. The van der Waals surface area contributed by atoms with Crippen LogP contribution in [0.5, 0.6) is 0 Å². The lowest BCUT2D eigenvalue weighted by Crippen LogP contribution is -2.48. The third kappa shape index (κ3) is 7.65. The van der Waals surface area contributed by atoms with Gasteiger partial charge >= 0.3 is 12.0 Å². The van der Waals surface area contributed by atoms with Crippen LogP contribution in [0, 0.1) is 5.41 Å². The first kappa shape index (κ1) is 16.4. The molecule has 3 N–H and O–H groups in total. The van der Waals surface area contributed by atoms with Gasteiger partial charge in [0.05, 0.1) is 0 Å². The van der Waals surface area contributed by atoms with Gasteiger partial charge in [-0.05, 0) is 18.8 Å². The van der Waals surface area contributed by atoms with Gasteiger partial charge in [-0.3, -0.25) is 14.9 Å². The first-order valence-electron chi connectivity index (χ1n) is 5.95. The molecule has 1 atom stereocenters. The van der Waals surface area contributed by atoms with Crippen molar-refractivity contribution in [3.8, 4) is 0 Å². The number of nitrogens with one attached hydrogen (secondary N) is 2. The number of imide groups is 1. The Hall–Kier alpha value is -1.59. The summed E-state index contributed by atoms with van der Waals surface area (Å²) >= 11 is 0. The molecule has 6 nitrogen and oxygen atoms in total. The summed E-state index contributed by atoms with van der Waals surface area (Å²) in [5.41, 5.74) is -0.0936. The van der Waals surface area contributed by atoms with E-state index in [2.05, 4.69) is 10.6 Å². The molecule has 0 aliphatic heterocycles. The van der Waals surface area contributed by atoms with Gasteiger partial charge in [0.1, 0.15) is 0 Å². The summed E-state index contributed by atoms with van der Waals surface area (Å²) in [6, 6.07) is -0.623. The van der Waals surface area contributed by atoms with Crippen molar-refractivity contribution >= 4 is 17.9 Å². The molecule has 0 saturated heterocycles. The van der Waals surface area contributed by atoms with E-state index >= 15 is 0 Å². The van der Waals surface area contributed by atoms with Gasteiger partial charge in [0.25, 0.3) is 0 Å². The van der Waals surface area contributed by atoms with Gasteiger partial charge in [-0.25, -0.2) is 4.79 Å². The van der Waals surface area contributed by atoms with Crippen LogP contribution in [0.1, 0.15) is 47.0 Å². The second-order valence-electron chi connectivity index (χ2n) is 5.36. The van der Waals surface area contributed by atoms with E-state index in [1.807, 2.05) is 27.7 Å². The summed E-state index contributed by atoms with van der Waals surface area (Å²) in [5.74, 6) is -1.41. The third-order valence-electron chi connectivity index (χ3n) is 2.69. The van der Waals surface area contributed by atoms with E-state index in [1.165, 1.54) is 0 Å². The van der Waals surface area contributed by atoms with Gasteiger partial charge in [0.15, 0.2) is 0 Å². The fourth-order valence-electron chi connectivity index (χ4n) is 1.04. The van der Waals surface area contributed by atoms with Gasteiger partial charge in [-0.1, -0.05) is 20.8 Å². The smallest absolute Gasteiger partial charge is 0.321 e. The summed E-state index contributed by atoms with van der Waals surface area (Å²) in [6.07, 6.45) is 0.181. The van der Waals surface area contributed by atoms with Crippen LogP contribution in [0.4, 0.5) is 4.79 Å². The highest BCUT2D eigenvalue weighted by Gasteiger charge is 2.22. The molecule has 0 rings (SSSR count). The number of carboxylic acid groups (broad SMARTS) is 1. The summed E-state index contributed by atoms with van der Waals surface area (Å²) in [5, 5.41) is 13.2. The van der Waals surface area contributed by atoms with E-state index < -0.39 is 17.9 Å². The zero-order valence-electron chi connectivity index (χ0n) is 11.4. The van der Waals surface area contributed by atoms with E-state index in [9.17, 15) is 14.4 Å². The van der Waals surface area contributed by atoms with Gasteiger partial charge in [0.2, 0.25) is 5.91 Å². The molecule has 0 aromatic carbocycles. The molecule has 6 heteroatoms. The molecule has 0 radical (unpaired) electrons. The van der Waals surface area contributed by atoms with Crippen molar-refractivity contribution in [3.05, 3.63) is 0 Å². The Morgan fingerprint density at radius 1 is 1.17 bits per heavy atom. The van der Waals surface area contributed by atoms with Crippen molar-refractivity contribution in [3.63, 3.8) is 0 Å². The Morgan fingerprint density at radius 3 is 2.17 bits per heavy atom. The number of amides is 3. The van der Waals surface area contributed by atoms with Crippen molar-refractivity contribution in [2.45, 2.75) is 53.0 Å². The predicted molar refractivity (Wildman–Crippen MR) is 67.1 cm³/mol. The Kier molecular flexibility index (Phi) is 6.36. The summed E-state index contributed by atoms with van der Waals surface area (Å²) in [4.78, 5) is 33.0. The van der Waals surface area contributed by atoms with Gasteiger partial charge in [0, 0.05) is 18.9 Å². The molecule has 0 saturated carbocycles. The zero-order valence-corrected chi connectivity index (χ0v) is 11.4. The van der Waals surface area contributed by atoms with Crippen molar-refractivity contribution in [1.82, 2.24) is 10.6 Å². The van der Waals surface area contributed by atoms with E-state index in [0.717, 1.165) is 0 Å². The van der Waals surface area contributed by atoms with Crippen molar-refractivity contribution < 1.29 is 19.5 Å². The standard InChI is InChI=1S/C12H22N2O4/c1-8(12(2,3)4)13-11(18)14-9(15)6-5-7-10(16)17/h8H,5-7H2,1-4H3,(H,16,17)(H2,13,14,15,18). The average Bonchev–Trinajstić information content (AvgIpc) is 2.14. The fraction of sp³-hybridized carbons (Fsp3) is 0.750. The number of rotatable bonds is 5. The molecule has 0 aliphatic carbocycles. The molecule has 0 aromatic rings. The monoisotopic (exact) mass is 258 g/mol. The first-order chi connectivity index (χ1) is 8.12. The molecule has 1 unspecified atom stereocenters. The quantitative estimate of drug-likeness (QED) is 0.696. The number of hydrogen-bond acceptors (Lipinski definition) is 3. The first-order valence-corrected chi connectivity index (χ1v) is 5.95. The van der Waals surface area contributed by atoms with Crippen LogP contribution in [0.25, 0.3) is 0 Å². The number of carbonyl (C=O) groups excluding carboxylic acids is 2. The number of aliphatic carboxylic acids is 1. The Bertz CT molecular complexity index is 321. The highest BCUT2D eigenvalue weighted by Crippen LogP contribution is 2.18. The second-order valence-corrected chi connectivity index (χ2v) is 5.36. The van der Waals surface area contributed by atoms with Gasteiger partial charge < -0.3 is 10.4 Å². The fourth-order valence-corrected chi connectivity index (χ4v) is 1.04. The van der Waals surface area contributed by atoms with E-state index in [0.29, 0.717) is 0 Å². The van der Waals surface area contributed by atoms with Gasteiger partial charge in [-0.2, -0.15) is 0 Å². The predicted octanol–water partition coefficient (Wildman–Crippen LogP) is 1.50. The highest BCUT2D eigenvalue weighted by molar-refractivity contribution is 5.94. The van der Waals surface area contributed by atoms with Crippen molar-refractivity contribution in [2.75, 3.05) is 0 Å². The van der Waals surface area contributed by atoms with Crippen LogP contribution in [0.15, 0.2) is 0 Å². The Balaban J connectivity index is 3.95. The minimum absolute atomic E-state index is 0.0314. The molecule has 104 valence electrons. The second kappa shape index (κ2) is 6.98. The SMILES string of the molecule is CC(NC(=O)NC(=O)CCCC(=O)O)C(C)(C)C. The van der Waals surface area contributed by atoms with Crippen molar-refractivity contribution in [2.24, 2.45) is 5.41 Å². The molecule has 0 fully saturated rings. The molecular formula is C12H22N2O4. The van der Waals surface area contributed by atoms with E-state index in [4.69, 9.17) is 5.11 Å². The maximum Gasteiger partial charge on any atom is 0.321 e. The Morgan fingerprint density at radius 2 is 1.72 bits per heavy atom. The number of hydrogen-bond donors (Lipinski definition) is 3. The van der Waals surface area contributed by atoms with Gasteiger partial charge in [-0.15, -0.1) is 0 Å². The molecular weight excluding hydrogens is 236 g/mol. The molecule has 0 aromatic heterocycles. The average molecular weight is 258 g/mol. The Labute approximate surface area is 107 Å². The van der Waals surface area contributed by atoms with Crippen LogP contribution < -0.4 is 10.6 Å². The van der Waals surface area contributed by atoms with E-state index in [-0.39, 0.29) is 30.7 Å². The van der Waals surface area contributed by atoms with Crippen LogP contribution in [0.2, 0.25) is 0 Å². The lowest BCUT2D eigenvalue weighted by molar-refractivity contribution is -0.137. The molecule has 0 aliphatic rings. The highest BCUT2D eigenvalue weighted by atomic mass is 16.4. The van der Waals surface area contributed by atoms with Crippen LogP contribution >= 0.6 is 0 Å². The maximum absolute atomic E-state index is 11.4. The summed E-state index contributed by atoms with van der Waals surface area (Å²) in [6.45, 7) is 7.79. The molecule has 18 heavy (non-hydrogen) atoms. The molecule has 0 bridgehead atoms. The minimum atomic E-state index is -0.950. The molecule has 0 heterocycles.